The molecule has 4 rings (SSSR count). The molecule has 0 amide bonds. The van der Waals surface area contributed by atoms with Gasteiger partial charge in [-0.1, -0.05) is 6.07 Å². The van der Waals surface area contributed by atoms with Crippen LogP contribution >= 0.6 is 15.9 Å². The van der Waals surface area contributed by atoms with Crippen molar-refractivity contribution >= 4 is 39.1 Å². The van der Waals surface area contributed by atoms with Crippen LogP contribution in [0.25, 0.3) is 0 Å². The summed E-state index contributed by atoms with van der Waals surface area (Å²) in [5, 5.41) is 0. The number of hydrogen-bond donors (Lipinski definition) is 0. The van der Waals surface area contributed by atoms with Crippen LogP contribution < -0.4 is 5.56 Å². The second kappa shape index (κ2) is 6.35. The van der Waals surface area contributed by atoms with Crippen molar-refractivity contribution in [2.24, 2.45) is 18.0 Å². The van der Waals surface area contributed by atoms with Crippen molar-refractivity contribution in [3.8, 4) is 0 Å². The zero-order valence-corrected chi connectivity index (χ0v) is 16.1. The number of fused-ring (bicyclic) bond motifs is 2. The Balaban J connectivity index is 2.04. The van der Waals surface area contributed by atoms with E-state index in [1.807, 2.05) is 0 Å². The van der Waals surface area contributed by atoms with Gasteiger partial charge in [-0.05, 0) is 33.6 Å². The molecule has 140 valence electrons. The molecule has 2 aromatic rings. The summed E-state index contributed by atoms with van der Waals surface area (Å²) in [5.74, 6) is -2.14. The molecule has 9 heteroatoms. The van der Waals surface area contributed by atoms with Crippen LogP contribution in [0.15, 0.2) is 32.5 Å². The predicted octanol–water partition coefficient (Wildman–Crippen LogP) is 2.18. The highest BCUT2D eigenvalue weighted by Gasteiger charge is 2.44. The smallest absolute Gasteiger partial charge is 0.280 e. The van der Waals surface area contributed by atoms with Crippen LogP contribution in [0.5, 0.6) is 0 Å². The Morgan fingerprint density at radius 2 is 2.04 bits per heavy atom. The second-order valence-electron chi connectivity index (χ2n) is 6.59. The molecule has 3 heterocycles. The molecule has 0 radical (unpaired) electrons. The van der Waals surface area contributed by atoms with Crippen LogP contribution in [0, 0.1) is 11.7 Å². The number of nitrogens with zero attached hydrogens (tertiary/aromatic N) is 3. The van der Waals surface area contributed by atoms with Crippen LogP contribution in [-0.2, 0) is 16.6 Å². The number of ketones is 1. The molecule has 27 heavy (non-hydrogen) atoms. The fraction of sp³-hybridized carbons (Fsp3) is 0.333. The Hall–Kier alpha value is -2.39. The van der Waals surface area contributed by atoms with Gasteiger partial charge < -0.3 is 4.74 Å². The minimum absolute atomic E-state index is 0.0778. The van der Waals surface area contributed by atoms with E-state index in [1.165, 1.54) is 17.7 Å². The molecular formula is C18H15BrFN3O4. The fourth-order valence-corrected chi connectivity index (χ4v) is 4.24. The summed E-state index contributed by atoms with van der Waals surface area (Å²) in [5.41, 5.74) is 0.832. The van der Waals surface area contributed by atoms with Gasteiger partial charge in [-0.2, -0.15) is 4.68 Å². The van der Waals surface area contributed by atoms with E-state index in [0.29, 0.717) is 17.1 Å². The summed E-state index contributed by atoms with van der Waals surface area (Å²) < 4.78 is 21.7. The van der Waals surface area contributed by atoms with Gasteiger partial charge in [-0.15, -0.1) is 0 Å². The van der Waals surface area contributed by atoms with Crippen LogP contribution in [0.1, 0.15) is 28.8 Å². The molecule has 7 nitrogen and oxygen atoms in total. The summed E-state index contributed by atoms with van der Waals surface area (Å²) in [6, 6.07) is 4.38. The maximum Gasteiger partial charge on any atom is 0.280 e. The van der Waals surface area contributed by atoms with Gasteiger partial charge in [0.1, 0.15) is 12.4 Å². The summed E-state index contributed by atoms with van der Waals surface area (Å²) in [4.78, 5) is 42.1. The van der Waals surface area contributed by atoms with Crippen molar-refractivity contribution < 1.29 is 18.7 Å². The van der Waals surface area contributed by atoms with E-state index in [4.69, 9.17) is 4.74 Å². The number of carbonyl (C=O) groups excluding carboxylic acids is 2. The molecule has 2 aliphatic rings. The standard InChI is InChI=1S/C18H15BrFN3O4/c1-8(24)23-18(26)16-14(9-3-4-11(20)10(19)5-9)15-12(6-27-7-13(15)25)21-17(16)22(23)2/h3-5,14-15H,6-7H2,1-2H3. The highest BCUT2D eigenvalue weighted by molar-refractivity contribution is 9.10. The zero-order valence-electron chi connectivity index (χ0n) is 14.5. The van der Waals surface area contributed by atoms with Gasteiger partial charge in [0.05, 0.1) is 28.3 Å². The van der Waals surface area contributed by atoms with Crippen molar-refractivity contribution in [1.82, 2.24) is 9.36 Å². The van der Waals surface area contributed by atoms with Gasteiger partial charge in [0, 0.05) is 19.9 Å². The van der Waals surface area contributed by atoms with Crippen molar-refractivity contribution in [3.63, 3.8) is 0 Å². The molecule has 1 saturated heterocycles. The number of aliphatic imine (C=N–C) groups is 1. The van der Waals surface area contributed by atoms with Gasteiger partial charge in [-0.25, -0.2) is 9.38 Å². The number of carbonyl (C=O) groups is 2. The number of aromatic nitrogens is 2. The maximum atomic E-state index is 13.8. The van der Waals surface area contributed by atoms with Crippen LogP contribution in [0.3, 0.4) is 0 Å². The topological polar surface area (TPSA) is 82.7 Å². The fourth-order valence-electron chi connectivity index (χ4n) is 3.84. The second-order valence-corrected chi connectivity index (χ2v) is 7.44. The largest absolute Gasteiger partial charge is 0.368 e. The zero-order chi connectivity index (χ0) is 19.5. The SMILES string of the molecule is CC(=O)n1c(=O)c2c(n1C)N=C1COCC(=O)C1C2c1ccc(F)c(Br)c1. The summed E-state index contributed by atoms with van der Waals surface area (Å²) >= 11 is 3.16. The number of Topliss-reactive ketones (excluding diaryl/α,β-unsaturated/α-hetero) is 1. The Morgan fingerprint density at radius 1 is 1.30 bits per heavy atom. The van der Waals surface area contributed by atoms with Crippen molar-refractivity contribution in [2.75, 3.05) is 13.2 Å². The lowest BCUT2D eigenvalue weighted by atomic mass is 9.74. The summed E-state index contributed by atoms with van der Waals surface area (Å²) in [6.45, 7) is 1.37. The first-order valence-corrected chi connectivity index (χ1v) is 9.06. The number of rotatable bonds is 1. The molecule has 0 aliphatic carbocycles. The molecule has 2 atom stereocenters. The molecule has 2 aliphatic heterocycles. The Morgan fingerprint density at radius 3 is 2.70 bits per heavy atom. The first-order chi connectivity index (χ1) is 12.8. The number of ether oxygens (including phenoxy) is 1. The van der Waals surface area contributed by atoms with Crippen molar-refractivity contribution in [1.29, 1.82) is 0 Å². The average molecular weight is 436 g/mol. The van der Waals surface area contributed by atoms with E-state index >= 15 is 0 Å². The lowest BCUT2D eigenvalue weighted by Crippen LogP contribution is -2.43. The van der Waals surface area contributed by atoms with E-state index in [1.54, 1.807) is 19.2 Å². The minimum atomic E-state index is -0.681. The summed E-state index contributed by atoms with van der Waals surface area (Å²) in [6.07, 6.45) is 0. The third-order valence-electron chi connectivity index (χ3n) is 4.97. The van der Waals surface area contributed by atoms with Crippen LogP contribution in [0.4, 0.5) is 10.2 Å². The van der Waals surface area contributed by atoms with Gasteiger partial charge in [0.25, 0.3) is 5.56 Å². The predicted molar refractivity (Wildman–Crippen MR) is 98.3 cm³/mol. The highest BCUT2D eigenvalue weighted by Crippen LogP contribution is 2.43. The normalized spacial score (nSPS) is 21.5. The maximum absolute atomic E-state index is 13.8. The van der Waals surface area contributed by atoms with E-state index < -0.39 is 29.1 Å². The van der Waals surface area contributed by atoms with Crippen molar-refractivity contribution in [2.45, 2.75) is 12.8 Å². The third-order valence-corrected chi connectivity index (χ3v) is 5.57. The molecule has 0 spiro atoms. The van der Waals surface area contributed by atoms with E-state index in [-0.39, 0.29) is 29.0 Å². The molecular weight excluding hydrogens is 421 g/mol. The monoisotopic (exact) mass is 435 g/mol. The highest BCUT2D eigenvalue weighted by atomic mass is 79.9. The first kappa shape index (κ1) is 18.0. The van der Waals surface area contributed by atoms with Gasteiger partial charge >= 0.3 is 0 Å². The van der Waals surface area contributed by atoms with Gasteiger partial charge in [0.15, 0.2) is 11.6 Å². The number of benzene rings is 1. The van der Waals surface area contributed by atoms with Gasteiger partial charge in [0.2, 0.25) is 5.91 Å². The molecule has 0 N–H and O–H groups in total. The third kappa shape index (κ3) is 2.64. The van der Waals surface area contributed by atoms with Gasteiger partial charge in [-0.3, -0.25) is 19.1 Å². The van der Waals surface area contributed by atoms with E-state index in [0.717, 1.165) is 4.68 Å². The minimum Gasteiger partial charge on any atom is -0.368 e. The molecule has 1 aromatic carbocycles. The first-order valence-electron chi connectivity index (χ1n) is 8.27. The lowest BCUT2D eigenvalue weighted by Gasteiger charge is -2.33. The number of hydrogen-bond acceptors (Lipinski definition) is 5. The Bertz CT molecular complexity index is 1090. The molecule has 0 bridgehead atoms. The van der Waals surface area contributed by atoms with Crippen LogP contribution in [0.2, 0.25) is 0 Å². The van der Waals surface area contributed by atoms with Crippen molar-refractivity contribution in [3.05, 3.63) is 50.0 Å². The number of halogens is 2. The van der Waals surface area contributed by atoms with E-state index in [2.05, 4.69) is 20.9 Å². The Labute approximate surface area is 161 Å². The van der Waals surface area contributed by atoms with E-state index in [9.17, 15) is 18.8 Å². The quantitative estimate of drug-likeness (QED) is 0.687. The molecule has 1 fully saturated rings. The molecule has 1 aromatic heterocycles. The van der Waals surface area contributed by atoms with Crippen LogP contribution in [-0.4, -0.2) is 40.0 Å². The molecule has 2 unspecified atom stereocenters. The molecule has 0 saturated carbocycles. The summed E-state index contributed by atoms with van der Waals surface area (Å²) in [7, 11) is 1.56. The Kier molecular flexibility index (Phi) is 4.23. The lowest BCUT2D eigenvalue weighted by molar-refractivity contribution is -0.127. The average Bonchev–Trinajstić information content (AvgIpc) is 2.87.